The topological polar surface area (TPSA) is 72.5 Å². The van der Waals surface area contributed by atoms with E-state index in [1.165, 1.54) is 6.26 Å². The zero-order valence-electron chi connectivity index (χ0n) is 15.6. The van der Waals surface area contributed by atoms with Crippen molar-refractivity contribution in [3.05, 3.63) is 65.7 Å². The predicted molar refractivity (Wildman–Crippen MR) is 104 cm³/mol. The lowest BCUT2D eigenvalue weighted by molar-refractivity contribution is -0.131. The van der Waals surface area contributed by atoms with E-state index in [1.807, 2.05) is 37.3 Å². The van der Waals surface area contributed by atoms with E-state index in [9.17, 15) is 13.2 Å². The van der Waals surface area contributed by atoms with Crippen molar-refractivity contribution in [1.82, 2.24) is 5.32 Å². The molecule has 0 saturated carbocycles. The number of hydrogen-bond acceptors (Lipinski definition) is 4. The van der Waals surface area contributed by atoms with E-state index in [4.69, 9.17) is 4.74 Å². The molecule has 2 aromatic rings. The Morgan fingerprint density at radius 3 is 2.19 bits per heavy atom. The molecule has 1 atom stereocenters. The van der Waals surface area contributed by atoms with Crippen molar-refractivity contribution in [1.29, 1.82) is 0 Å². The van der Waals surface area contributed by atoms with E-state index < -0.39 is 15.3 Å². The molecule has 2 aromatic carbocycles. The Hall–Kier alpha value is -2.18. The van der Waals surface area contributed by atoms with Crippen LogP contribution >= 0.6 is 0 Å². The third-order valence-electron chi connectivity index (χ3n) is 5.26. The number of carbonyl (C=O) groups excluding carboxylic acids is 1. The van der Waals surface area contributed by atoms with E-state index in [1.54, 1.807) is 24.3 Å². The van der Waals surface area contributed by atoms with Gasteiger partial charge in [-0.2, -0.15) is 0 Å². The highest BCUT2D eigenvalue weighted by Gasteiger charge is 2.42. The van der Waals surface area contributed by atoms with Gasteiger partial charge in [0.2, 0.25) is 5.91 Å². The summed E-state index contributed by atoms with van der Waals surface area (Å²) in [5.74, 6) is -0.0170. The molecule has 1 amide bonds. The highest BCUT2D eigenvalue weighted by molar-refractivity contribution is 7.90. The van der Waals surface area contributed by atoms with Gasteiger partial charge in [-0.05, 0) is 43.0 Å². The highest BCUT2D eigenvalue weighted by Crippen LogP contribution is 2.35. The Balaban J connectivity index is 1.81. The molecule has 0 spiro atoms. The van der Waals surface area contributed by atoms with Gasteiger partial charge in [0.05, 0.1) is 16.4 Å². The van der Waals surface area contributed by atoms with Crippen molar-refractivity contribution < 1.29 is 17.9 Å². The van der Waals surface area contributed by atoms with Crippen molar-refractivity contribution in [2.75, 3.05) is 19.5 Å². The summed E-state index contributed by atoms with van der Waals surface area (Å²) in [5.41, 5.74) is 1.27. The van der Waals surface area contributed by atoms with Crippen LogP contribution in [-0.2, 0) is 24.8 Å². The van der Waals surface area contributed by atoms with Gasteiger partial charge in [-0.3, -0.25) is 4.79 Å². The molecule has 1 aliphatic rings. The summed E-state index contributed by atoms with van der Waals surface area (Å²) < 4.78 is 28.7. The van der Waals surface area contributed by atoms with Crippen molar-refractivity contribution >= 4 is 15.7 Å². The van der Waals surface area contributed by atoms with E-state index in [2.05, 4.69) is 5.32 Å². The minimum atomic E-state index is -3.23. The van der Waals surface area contributed by atoms with Crippen LogP contribution in [0.4, 0.5) is 0 Å². The fraction of sp³-hybridized carbons (Fsp3) is 0.381. The zero-order valence-corrected chi connectivity index (χ0v) is 16.5. The van der Waals surface area contributed by atoms with E-state index in [0.29, 0.717) is 26.1 Å². The van der Waals surface area contributed by atoms with Crippen LogP contribution in [0, 0.1) is 0 Å². The average molecular weight is 388 g/mol. The fourth-order valence-electron chi connectivity index (χ4n) is 3.55. The quantitative estimate of drug-likeness (QED) is 0.856. The van der Waals surface area contributed by atoms with Crippen LogP contribution in [-0.4, -0.2) is 33.8 Å². The molecule has 1 fully saturated rings. The smallest absolute Gasteiger partial charge is 0.231 e. The number of carbonyl (C=O) groups is 1. The molecule has 3 rings (SSSR count). The number of nitrogens with one attached hydrogen (secondary N) is 1. The van der Waals surface area contributed by atoms with Crippen LogP contribution in [0.2, 0.25) is 0 Å². The standard InChI is InChI=1S/C21H25NO4S/c1-16(17-8-10-19(11-9-17)27(2,24)25)22-20(23)21(12-14-26-15-13-21)18-6-4-3-5-7-18/h3-11,16H,12-15H2,1-2H3,(H,22,23)/t16-/m1/s1. The van der Waals surface area contributed by atoms with Crippen LogP contribution in [0.5, 0.6) is 0 Å². The lowest BCUT2D eigenvalue weighted by Gasteiger charge is -2.37. The van der Waals surface area contributed by atoms with Gasteiger partial charge in [0.15, 0.2) is 9.84 Å². The molecule has 0 bridgehead atoms. The third-order valence-corrected chi connectivity index (χ3v) is 6.39. The molecule has 0 unspecified atom stereocenters. The number of amides is 1. The molecule has 0 radical (unpaired) electrons. The van der Waals surface area contributed by atoms with E-state index in [-0.39, 0.29) is 16.8 Å². The second-order valence-corrected chi connectivity index (χ2v) is 9.11. The molecular formula is C21H25NO4S. The number of sulfone groups is 1. The summed E-state index contributed by atoms with van der Waals surface area (Å²) in [7, 11) is -3.23. The van der Waals surface area contributed by atoms with Gasteiger partial charge in [0, 0.05) is 19.5 Å². The Bertz CT molecular complexity index is 886. The van der Waals surface area contributed by atoms with E-state index >= 15 is 0 Å². The molecular weight excluding hydrogens is 362 g/mol. The normalized spacial score (nSPS) is 17.9. The first-order chi connectivity index (χ1) is 12.8. The summed E-state index contributed by atoms with van der Waals surface area (Å²) in [5, 5.41) is 3.12. The van der Waals surface area contributed by atoms with Crippen molar-refractivity contribution in [2.24, 2.45) is 0 Å². The van der Waals surface area contributed by atoms with Crippen molar-refractivity contribution in [3.63, 3.8) is 0 Å². The largest absolute Gasteiger partial charge is 0.381 e. The molecule has 0 aliphatic carbocycles. The minimum Gasteiger partial charge on any atom is -0.381 e. The molecule has 1 saturated heterocycles. The molecule has 27 heavy (non-hydrogen) atoms. The maximum atomic E-state index is 13.3. The summed E-state index contributed by atoms with van der Waals surface area (Å²) in [6.07, 6.45) is 2.47. The van der Waals surface area contributed by atoms with Crippen molar-refractivity contribution in [3.8, 4) is 0 Å². The van der Waals surface area contributed by atoms with Gasteiger partial charge in [-0.1, -0.05) is 42.5 Å². The summed E-state index contributed by atoms with van der Waals surface area (Å²) in [4.78, 5) is 13.5. The lowest BCUT2D eigenvalue weighted by atomic mass is 9.73. The molecule has 6 heteroatoms. The Morgan fingerprint density at radius 1 is 1.04 bits per heavy atom. The van der Waals surface area contributed by atoms with Gasteiger partial charge in [0.25, 0.3) is 0 Å². The number of benzene rings is 2. The molecule has 1 heterocycles. The highest BCUT2D eigenvalue weighted by atomic mass is 32.2. The monoisotopic (exact) mass is 387 g/mol. The molecule has 1 aliphatic heterocycles. The van der Waals surface area contributed by atoms with Gasteiger partial charge < -0.3 is 10.1 Å². The van der Waals surface area contributed by atoms with Crippen LogP contribution in [0.1, 0.15) is 36.9 Å². The first kappa shape index (κ1) is 19.6. The Morgan fingerprint density at radius 2 is 1.63 bits per heavy atom. The average Bonchev–Trinajstić information content (AvgIpc) is 2.68. The maximum absolute atomic E-state index is 13.3. The fourth-order valence-corrected chi connectivity index (χ4v) is 4.18. The minimum absolute atomic E-state index is 0.0170. The molecule has 144 valence electrons. The molecule has 5 nitrogen and oxygen atoms in total. The second kappa shape index (κ2) is 7.82. The Labute approximate surface area is 160 Å². The number of rotatable bonds is 5. The van der Waals surface area contributed by atoms with Gasteiger partial charge >= 0.3 is 0 Å². The SMILES string of the molecule is C[C@@H](NC(=O)C1(c2ccccc2)CCOCC1)c1ccc(S(C)(=O)=O)cc1. The van der Waals surface area contributed by atoms with Gasteiger partial charge in [-0.25, -0.2) is 8.42 Å². The van der Waals surface area contributed by atoms with Gasteiger partial charge in [-0.15, -0.1) is 0 Å². The number of hydrogen-bond donors (Lipinski definition) is 1. The molecule has 1 N–H and O–H groups in total. The first-order valence-corrected chi connectivity index (χ1v) is 11.0. The lowest BCUT2D eigenvalue weighted by Crippen LogP contribution is -2.48. The van der Waals surface area contributed by atoms with Crippen LogP contribution in [0.25, 0.3) is 0 Å². The third kappa shape index (κ3) is 4.22. The maximum Gasteiger partial charge on any atom is 0.231 e. The zero-order chi connectivity index (χ0) is 19.5. The Kier molecular flexibility index (Phi) is 5.67. The predicted octanol–water partition coefficient (Wildman–Crippen LogP) is 3.02. The summed E-state index contributed by atoms with van der Waals surface area (Å²) in [6.45, 7) is 3.02. The molecule has 0 aromatic heterocycles. The first-order valence-electron chi connectivity index (χ1n) is 9.07. The van der Waals surface area contributed by atoms with Crippen LogP contribution in [0.3, 0.4) is 0 Å². The second-order valence-electron chi connectivity index (χ2n) is 7.10. The van der Waals surface area contributed by atoms with Gasteiger partial charge in [0.1, 0.15) is 0 Å². The van der Waals surface area contributed by atoms with Crippen LogP contribution < -0.4 is 5.32 Å². The van der Waals surface area contributed by atoms with E-state index in [0.717, 1.165) is 11.1 Å². The van der Waals surface area contributed by atoms with Crippen LogP contribution in [0.15, 0.2) is 59.5 Å². The van der Waals surface area contributed by atoms with Crippen molar-refractivity contribution in [2.45, 2.75) is 36.1 Å². The number of ether oxygens (including phenoxy) is 1. The summed E-state index contributed by atoms with van der Waals surface area (Å²) in [6, 6.07) is 16.3. The summed E-state index contributed by atoms with van der Waals surface area (Å²) >= 11 is 0.